The van der Waals surface area contributed by atoms with Crippen LogP contribution in [0.1, 0.15) is 85.6 Å². The number of allylic oxidation sites excluding steroid dienone is 1. The molecule has 5 rings (SSSR count). The molecule has 2 aromatic carbocycles. The van der Waals surface area contributed by atoms with E-state index in [1.54, 1.807) is 0 Å². The van der Waals surface area contributed by atoms with Crippen LogP contribution in [0, 0.1) is 5.92 Å². The van der Waals surface area contributed by atoms with Gasteiger partial charge in [0, 0.05) is 16.6 Å². The van der Waals surface area contributed by atoms with Crippen LogP contribution in [0.15, 0.2) is 48.5 Å². The largest absolute Gasteiger partial charge is 0.348 e. The third kappa shape index (κ3) is 5.40. The van der Waals surface area contributed by atoms with Crippen LogP contribution in [-0.2, 0) is 6.42 Å². The van der Waals surface area contributed by atoms with Gasteiger partial charge in [0.15, 0.2) is 5.69 Å². The smallest absolute Gasteiger partial charge is 0.272 e. The molecule has 1 amide bonds. The van der Waals surface area contributed by atoms with Gasteiger partial charge >= 0.3 is 0 Å². The minimum Gasteiger partial charge on any atom is -0.348 e. The highest BCUT2D eigenvalue weighted by molar-refractivity contribution is 6.32. The molecule has 1 N–H and O–H groups in total. The van der Waals surface area contributed by atoms with Crippen LogP contribution in [0.2, 0.25) is 10.0 Å². The van der Waals surface area contributed by atoms with Crippen molar-refractivity contribution in [2.24, 2.45) is 5.92 Å². The summed E-state index contributed by atoms with van der Waals surface area (Å²) in [5, 5.41) is 9.56. The summed E-state index contributed by atoms with van der Waals surface area (Å²) in [6.07, 6.45) is 12.2. The lowest BCUT2D eigenvalue weighted by molar-refractivity contribution is 0.0913. The molecular formula is C30H33Cl2N3O. The van der Waals surface area contributed by atoms with Gasteiger partial charge in [-0.3, -0.25) is 4.79 Å². The predicted octanol–water partition coefficient (Wildman–Crippen LogP) is 8.14. The van der Waals surface area contributed by atoms with E-state index in [0.717, 1.165) is 53.8 Å². The third-order valence-electron chi connectivity index (χ3n) is 7.63. The monoisotopic (exact) mass is 521 g/mol. The number of aromatic nitrogens is 2. The van der Waals surface area contributed by atoms with Gasteiger partial charge in [0.1, 0.15) is 0 Å². The van der Waals surface area contributed by atoms with E-state index in [0.29, 0.717) is 21.7 Å². The van der Waals surface area contributed by atoms with Gasteiger partial charge in [-0.25, -0.2) is 4.68 Å². The maximum absolute atomic E-state index is 13.7. The average molecular weight is 523 g/mol. The quantitative estimate of drug-likeness (QED) is 0.344. The molecule has 2 aliphatic rings. The van der Waals surface area contributed by atoms with Crippen LogP contribution in [0.3, 0.4) is 0 Å². The Morgan fingerprint density at radius 2 is 1.72 bits per heavy atom. The summed E-state index contributed by atoms with van der Waals surface area (Å²) in [6.45, 7) is 2.14. The molecule has 1 heterocycles. The highest BCUT2D eigenvalue weighted by Crippen LogP contribution is 2.36. The summed E-state index contributed by atoms with van der Waals surface area (Å²) >= 11 is 12.8. The summed E-state index contributed by atoms with van der Waals surface area (Å²) in [5.41, 5.74) is 5.56. The van der Waals surface area contributed by atoms with E-state index in [1.807, 2.05) is 53.2 Å². The highest BCUT2D eigenvalue weighted by Gasteiger charge is 2.30. The summed E-state index contributed by atoms with van der Waals surface area (Å²) < 4.78 is 1.89. The number of amides is 1. The topological polar surface area (TPSA) is 46.9 Å². The van der Waals surface area contributed by atoms with Gasteiger partial charge in [-0.1, -0.05) is 66.7 Å². The van der Waals surface area contributed by atoms with Crippen molar-refractivity contribution < 1.29 is 4.79 Å². The lowest BCUT2D eigenvalue weighted by Crippen LogP contribution is -2.39. The van der Waals surface area contributed by atoms with Crippen molar-refractivity contribution in [1.29, 1.82) is 0 Å². The molecule has 1 saturated carbocycles. The van der Waals surface area contributed by atoms with Crippen molar-refractivity contribution in [2.45, 2.75) is 70.8 Å². The highest BCUT2D eigenvalue weighted by atomic mass is 35.5. The van der Waals surface area contributed by atoms with Gasteiger partial charge in [0.05, 0.1) is 16.4 Å². The Balaban J connectivity index is 1.59. The summed E-state index contributed by atoms with van der Waals surface area (Å²) in [4.78, 5) is 13.7. The first-order chi connectivity index (χ1) is 17.5. The van der Waals surface area contributed by atoms with E-state index in [9.17, 15) is 4.79 Å². The van der Waals surface area contributed by atoms with Gasteiger partial charge in [0.2, 0.25) is 0 Å². The fourth-order valence-electron chi connectivity index (χ4n) is 5.66. The third-order valence-corrected chi connectivity index (χ3v) is 8.20. The summed E-state index contributed by atoms with van der Waals surface area (Å²) in [6, 6.07) is 15.7. The molecule has 0 radical (unpaired) electrons. The van der Waals surface area contributed by atoms with Crippen molar-refractivity contribution in [1.82, 2.24) is 15.1 Å². The molecule has 1 atom stereocenters. The lowest BCUT2D eigenvalue weighted by Gasteiger charge is -2.28. The van der Waals surface area contributed by atoms with Crippen molar-refractivity contribution >= 4 is 40.8 Å². The van der Waals surface area contributed by atoms with Crippen LogP contribution in [0.25, 0.3) is 17.3 Å². The number of halogens is 2. The number of hydrogen-bond acceptors (Lipinski definition) is 2. The Hall–Kier alpha value is -2.56. The first-order valence-electron chi connectivity index (χ1n) is 13.2. The van der Waals surface area contributed by atoms with Crippen LogP contribution in [-0.4, -0.2) is 21.7 Å². The first-order valence-corrected chi connectivity index (χ1v) is 13.9. The van der Waals surface area contributed by atoms with Crippen LogP contribution >= 0.6 is 23.2 Å². The van der Waals surface area contributed by atoms with Gasteiger partial charge in [-0.15, -0.1) is 0 Å². The Kier molecular flexibility index (Phi) is 7.83. The number of carbonyl (C=O) groups is 1. The molecule has 36 heavy (non-hydrogen) atoms. The summed E-state index contributed by atoms with van der Waals surface area (Å²) in [7, 11) is 0. The second-order valence-electron chi connectivity index (χ2n) is 10.1. The molecule has 1 aromatic heterocycles. The van der Waals surface area contributed by atoms with E-state index in [2.05, 4.69) is 18.3 Å². The standard InChI is InChI=1S/C30H33Cl2N3O/c1-20(22-9-3-2-4-10-22)33-30(36)28-25-12-6-5-11-23(19-21-15-17-24(31)18-16-21)29(25)35(34-28)27-14-8-7-13-26(27)32/h7-8,13-20,22H,2-6,9-12H2,1H3,(H,33,36)/t20-/m1/s1. The number of fused-ring (bicyclic) bond motifs is 1. The number of hydrogen-bond donors (Lipinski definition) is 1. The van der Waals surface area contributed by atoms with Crippen LogP contribution in [0.4, 0.5) is 0 Å². The minimum atomic E-state index is -0.0807. The van der Waals surface area contributed by atoms with E-state index in [1.165, 1.54) is 32.1 Å². The number of para-hydroxylation sites is 1. The van der Waals surface area contributed by atoms with Crippen molar-refractivity contribution in [3.63, 3.8) is 0 Å². The molecule has 2 aliphatic carbocycles. The number of rotatable bonds is 5. The fourth-order valence-corrected chi connectivity index (χ4v) is 6.00. The predicted molar refractivity (Wildman–Crippen MR) is 149 cm³/mol. The number of nitrogens with zero attached hydrogens (tertiary/aromatic N) is 2. The Labute approximate surface area is 223 Å². The molecule has 0 saturated heterocycles. The van der Waals surface area contributed by atoms with Gasteiger partial charge < -0.3 is 5.32 Å². The van der Waals surface area contributed by atoms with E-state index >= 15 is 0 Å². The minimum absolute atomic E-state index is 0.0807. The van der Waals surface area contributed by atoms with Gasteiger partial charge in [-0.05, 0) is 92.8 Å². The fraction of sp³-hybridized carbons (Fsp3) is 0.400. The molecule has 4 nitrogen and oxygen atoms in total. The van der Waals surface area contributed by atoms with E-state index in [-0.39, 0.29) is 11.9 Å². The molecule has 0 aliphatic heterocycles. The summed E-state index contributed by atoms with van der Waals surface area (Å²) in [5.74, 6) is 0.454. The molecular weight excluding hydrogens is 489 g/mol. The first kappa shape index (κ1) is 25.1. The Morgan fingerprint density at radius 3 is 2.47 bits per heavy atom. The second-order valence-corrected chi connectivity index (χ2v) is 11.0. The van der Waals surface area contributed by atoms with Gasteiger partial charge in [-0.2, -0.15) is 5.10 Å². The Bertz CT molecular complexity index is 1260. The molecule has 188 valence electrons. The van der Waals surface area contributed by atoms with Crippen molar-refractivity contribution in [3.8, 4) is 5.69 Å². The number of nitrogens with one attached hydrogen (secondary N) is 1. The van der Waals surface area contributed by atoms with E-state index in [4.69, 9.17) is 28.3 Å². The van der Waals surface area contributed by atoms with Crippen molar-refractivity contribution in [2.75, 3.05) is 0 Å². The zero-order valence-corrected chi connectivity index (χ0v) is 22.3. The SMILES string of the molecule is C[C@@H](NC(=O)c1nn(-c2ccccc2Cl)c2c1CCCCC2=Cc1ccc(Cl)cc1)C1CCCCC1. The van der Waals surface area contributed by atoms with Crippen molar-refractivity contribution in [3.05, 3.63) is 81.1 Å². The zero-order chi connectivity index (χ0) is 25.1. The molecule has 1 fully saturated rings. The molecule has 3 aromatic rings. The molecule has 0 bridgehead atoms. The lowest BCUT2D eigenvalue weighted by atomic mass is 9.84. The van der Waals surface area contributed by atoms with Crippen LogP contribution in [0.5, 0.6) is 0 Å². The molecule has 0 unspecified atom stereocenters. The normalized spacial score (nSPS) is 18.5. The molecule has 6 heteroatoms. The molecule has 0 spiro atoms. The Morgan fingerprint density at radius 1 is 1.00 bits per heavy atom. The van der Waals surface area contributed by atoms with Crippen LogP contribution < -0.4 is 5.32 Å². The van der Waals surface area contributed by atoms with Gasteiger partial charge in [0.25, 0.3) is 5.91 Å². The second kappa shape index (κ2) is 11.2. The number of carbonyl (C=O) groups excluding carboxylic acids is 1. The van der Waals surface area contributed by atoms with E-state index < -0.39 is 0 Å². The maximum atomic E-state index is 13.7. The maximum Gasteiger partial charge on any atom is 0.272 e. The average Bonchev–Trinajstić information content (AvgIpc) is 3.15. The zero-order valence-electron chi connectivity index (χ0n) is 20.8. The number of benzene rings is 2.